The van der Waals surface area contributed by atoms with Gasteiger partial charge in [-0.1, -0.05) is 69.3 Å². The fraction of sp³-hybridized carbons (Fsp3) is 0.625. The molecule has 0 heterocycles. The topological polar surface area (TPSA) is 105 Å². The van der Waals surface area contributed by atoms with Gasteiger partial charge in [0.15, 0.2) is 0 Å². The summed E-state index contributed by atoms with van der Waals surface area (Å²) in [4.78, 5) is 44.2. The van der Waals surface area contributed by atoms with Crippen molar-refractivity contribution in [3.8, 4) is 11.1 Å². The smallest absolute Gasteiger partial charge is 0.303 e. The molecular formula is C40H52N2O5. The molecule has 47 heavy (non-hydrogen) atoms. The van der Waals surface area contributed by atoms with Crippen molar-refractivity contribution in [1.82, 2.24) is 10.8 Å². The van der Waals surface area contributed by atoms with Crippen molar-refractivity contribution in [3.63, 3.8) is 0 Å². The van der Waals surface area contributed by atoms with Crippen molar-refractivity contribution in [2.45, 2.75) is 96.9 Å². The van der Waals surface area contributed by atoms with Gasteiger partial charge in [-0.15, -0.1) is 0 Å². The molecule has 0 aromatic heterocycles. The largest absolute Gasteiger partial charge is 0.481 e. The first-order chi connectivity index (χ1) is 22.6. The first-order valence-electron chi connectivity index (χ1n) is 18.2. The summed E-state index contributed by atoms with van der Waals surface area (Å²) in [6.45, 7) is 7.44. The number of hydroxylamine groups is 1. The fourth-order valence-electron chi connectivity index (χ4n) is 11.6. The van der Waals surface area contributed by atoms with Gasteiger partial charge in [-0.3, -0.25) is 14.4 Å². The molecule has 5 aliphatic carbocycles. The Morgan fingerprint density at radius 3 is 2.36 bits per heavy atom. The van der Waals surface area contributed by atoms with Gasteiger partial charge in [0, 0.05) is 30.2 Å². The third-order valence-corrected chi connectivity index (χ3v) is 14.0. The van der Waals surface area contributed by atoms with E-state index in [0.717, 1.165) is 44.9 Å². The van der Waals surface area contributed by atoms with E-state index in [1.54, 1.807) is 0 Å². The second-order valence-corrected chi connectivity index (χ2v) is 16.1. The van der Waals surface area contributed by atoms with Crippen molar-refractivity contribution in [2.75, 3.05) is 13.2 Å². The molecule has 4 fully saturated rings. The van der Waals surface area contributed by atoms with E-state index in [0.29, 0.717) is 54.8 Å². The number of carboxylic acids is 1. The maximum Gasteiger partial charge on any atom is 0.303 e. The van der Waals surface area contributed by atoms with Gasteiger partial charge in [0.1, 0.15) is 5.78 Å². The maximum absolute atomic E-state index is 14.1. The van der Waals surface area contributed by atoms with Gasteiger partial charge in [0.2, 0.25) is 5.91 Å². The van der Waals surface area contributed by atoms with Crippen LogP contribution in [0.1, 0.15) is 102 Å². The second kappa shape index (κ2) is 12.8. The van der Waals surface area contributed by atoms with E-state index in [9.17, 15) is 19.5 Å². The molecule has 0 unspecified atom stereocenters. The average Bonchev–Trinajstić information content (AvgIpc) is 3.58. The highest BCUT2D eigenvalue weighted by molar-refractivity contribution is 5.87. The highest BCUT2D eigenvalue weighted by Crippen LogP contribution is 2.67. The van der Waals surface area contributed by atoms with E-state index in [2.05, 4.69) is 80.1 Å². The Morgan fingerprint density at radius 1 is 0.957 bits per heavy atom. The molecule has 0 bridgehead atoms. The summed E-state index contributed by atoms with van der Waals surface area (Å²) in [5.41, 5.74) is 7.81. The number of benzene rings is 2. The summed E-state index contributed by atoms with van der Waals surface area (Å²) >= 11 is 0. The van der Waals surface area contributed by atoms with Gasteiger partial charge in [0.05, 0.1) is 13.2 Å². The first-order valence-corrected chi connectivity index (χ1v) is 18.2. The molecular weight excluding hydrogens is 588 g/mol. The van der Waals surface area contributed by atoms with E-state index in [1.807, 2.05) is 0 Å². The van der Waals surface area contributed by atoms with Crippen LogP contribution in [0.5, 0.6) is 0 Å². The lowest BCUT2D eigenvalue weighted by Crippen LogP contribution is -2.58. The normalized spacial score (nSPS) is 34.8. The first kappa shape index (κ1) is 32.5. The van der Waals surface area contributed by atoms with Crippen LogP contribution < -0.4 is 10.8 Å². The highest BCUT2D eigenvalue weighted by Gasteiger charge is 2.64. The lowest BCUT2D eigenvalue weighted by atomic mass is 9.44. The molecule has 0 aliphatic heterocycles. The molecule has 0 radical (unpaired) electrons. The number of carboxylic acid groups (broad SMARTS) is 1. The molecule has 2 aromatic carbocycles. The van der Waals surface area contributed by atoms with Crippen LogP contribution >= 0.6 is 0 Å². The molecule has 5 aliphatic rings. The predicted molar refractivity (Wildman–Crippen MR) is 181 cm³/mol. The summed E-state index contributed by atoms with van der Waals surface area (Å²) in [6.07, 6.45) is 8.95. The van der Waals surface area contributed by atoms with E-state index in [1.165, 1.54) is 22.3 Å². The van der Waals surface area contributed by atoms with Crippen LogP contribution in [0.3, 0.4) is 0 Å². The zero-order chi connectivity index (χ0) is 32.9. The Labute approximate surface area is 279 Å². The zero-order valence-corrected chi connectivity index (χ0v) is 28.3. The lowest BCUT2D eigenvalue weighted by Gasteiger charge is -2.60. The Morgan fingerprint density at radius 2 is 1.66 bits per heavy atom. The third-order valence-electron chi connectivity index (χ3n) is 14.0. The van der Waals surface area contributed by atoms with Gasteiger partial charge in [-0.25, -0.2) is 0 Å². The third kappa shape index (κ3) is 5.65. The summed E-state index contributed by atoms with van der Waals surface area (Å²) in [7, 11) is 0. The molecule has 0 saturated heterocycles. The van der Waals surface area contributed by atoms with E-state index >= 15 is 0 Å². The maximum atomic E-state index is 14.1. The lowest BCUT2D eigenvalue weighted by molar-refractivity contribution is -0.158. The van der Waals surface area contributed by atoms with Crippen LogP contribution in [0.15, 0.2) is 48.5 Å². The number of hydrogen-bond donors (Lipinski definition) is 3. The molecule has 9 atom stereocenters. The van der Waals surface area contributed by atoms with Crippen LogP contribution in [-0.4, -0.2) is 42.0 Å². The van der Waals surface area contributed by atoms with Crippen molar-refractivity contribution >= 4 is 17.7 Å². The number of amides is 1. The number of fused-ring (bicyclic) bond motifs is 8. The number of aliphatic carboxylic acids is 1. The average molecular weight is 641 g/mol. The number of carbonyl (C=O) groups excluding carboxylic acids is 2. The number of rotatable bonds is 10. The van der Waals surface area contributed by atoms with E-state index < -0.39 is 5.97 Å². The SMILES string of the molecule is C[C@H](CCC(=O)O)[C@H]1CC[C@H]2[C@@H]3CC[C@@H]4C[C@@H](NC(=O)CNOCC5c6ccccc6-c6ccccc65)CC[C@]4(C)[C@H]3CC(=O)[C@]12C. The molecule has 3 N–H and O–H groups in total. The van der Waals surface area contributed by atoms with Gasteiger partial charge in [0.25, 0.3) is 0 Å². The van der Waals surface area contributed by atoms with Crippen LogP contribution in [0.25, 0.3) is 11.1 Å². The molecule has 7 nitrogen and oxygen atoms in total. The standard InChI is InChI=1S/C40H52N2O5/c1-24(12-17-38(45)46)33-15-16-34-31-14-13-25-20-26(18-19-39(25,2)35(31)21-36(43)40(33,34)3)42-37(44)22-41-47-23-32-29-10-6-4-8-27(29)28-9-5-7-11-30(28)32/h4-11,24-26,31-35,41H,12-23H2,1-3H3,(H,42,44)(H,45,46)/t24-,25-,26+,31+,33-,34+,35+,39+,40-/m1/s1. The van der Waals surface area contributed by atoms with Crippen LogP contribution in [0, 0.1) is 46.3 Å². The number of nitrogens with one attached hydrogen (secondary N) is 2. The molecule has 1 amide bonds. The zero-order valence-electron chi connectivity index (χ0n) is 28.3. The molecule has 252 valence electrons. The van der Waals surface area contributed by atoms with Crippen molar-refractivity contribution in [2.24, 2.45) is 46.3 Å². The van der Waals surface area contributed by atoms with Crippen molar-refractivity contribution in [3.05, 3.63) is 59.7 Å². The monoisotopic (exact) mass is 640 g/mol. The van der Waals surface area contributed by atoms with E-state index in [-0.39, 0.29) is 47.6 Å². The molecule has 7 heteroatoms. The Hall–Kier alpha value is -3.03. The second-order valence-electron chi connectivity index (χ2n) is 16.1. The van der Waals surface area contributed by atoms with Gasteiger partial charge in [-0.2, -0.15) is 5.48 Å². The number of ketones is 1. The molecule has 7 rings (SSSR count). The Bertz CT molecular complexity index is 1480. The summed E-state index contributed by atoms with van der Waals surface area (Å²) in [6, 6.07) is 17.1. The van der Waals surface area contributed by atoms with Crippen LogP contribution in [-0.2, 0) is 19.2 Å². The minimum Gasteiger partial charge on any atom is -0.481 e. The van der Waals surface area contributed by atoms with Crippen molar-refractivity contribution < 1.29 is 24.3 Å². The van der Waals surface area contributed by atoms with Crippen molar-refractivity contribution in [1.29, 1.82) is 0 Å². The summed E-state index contributed by atoms with van der Waals surface area (Å²) in [5.74, 6) is 2.26. The number of hydrogen-bond acceptors (Lipinski definition) is 5. The van der Waals surface area contributed by atoms with Crippen LogP contribution in [0.2, 0.25) is 0 Å². The molecule has 0 spiro atoms. The fourth-order valence-corrected chi connectivity index (χ4v) is 11.6. The highest BCUT2D eigenvalue weighted by atomic mass is 16.6. The minimum atomic E-state index is -0.744. The van der Waals surface area contributed by atoms with Gasteiger partial charge in [-0.05, 0) is 115 Å². The summed E-state index contributed by atoms with van der Waals surface area (Å²) in [5, 5.41) is 12.6. The molecule has 2 aromatic rings. The Balaban J connectivity index is 0.915. The van der Waals surface area contributed by atoms with Gasteiger partial charge < -0.3 is 15.3 Å². The summed E-state index contributed by atoms with van der Waals surface area (Å²) < 4.78 is 0. The predicted octanol–water partition coefficient (Wildman–Crippen LogP) is 7.14. The van der Waals surface area contributed by atoms with Gasteiger partial charge >= 0.3 is 5.97 Å². The van der Waals surface area contributed by atoms with E-state index in [4.69, 9.17) is 4.84 Å². The van der Waals surface area contributed by atoms with Crippen LogP contribution in [0.4, 0.5) is 0 Å². The number of carbonyl (C=O) groups is 3. The Kier molecular flexibility index (Phi) is 8.84. The minimum absolute atomic E-state index is 0.0304. The molecule has 4 saturated carbocycles. The quantitative estimate of drug-likeness (QED) is 0.188. The number of Topliss-reactive ketones (excluding diaryl/α,β-unsaturated/α-hetero) is 1.